The maximum Gasteiger partial charge on any atom is 0.275 e. The Bertz CT molecular complexity index is 1410. The number of morpholine rings is 1. The molecule has 0 bridgehead atoms. The molecule has 0 unspecified atom stereocenters. The van der Waals surface area contributed by atoms with E-state index in [0.717, 1.165) is 28.2 Å². The molecule has 0 atom stereocenters. The van der Waals surface area contributed by atoms with Crippen LogP contribution in [-0.4, -0.2) is 52.0 Å². The van der Waals surface area contributed by atoms with E-state index in [1.165, 1.54) is 12.3 Å². The number of carbonyl (C=O) groups is 1. The summed E-state index contributed by atoms with van der Waals surface area (Å²) in [7, 11) is 0. The van der Waals surface area contributed by atoms with E-state index >= 15 is 0 Å². The van der Waals surface area contributed by atoms with Crippen LogP contribution in [0, 0.1) is 11.6 Å². The number of nitrogens with zero attached hydrogens (tertiary/aromatic N) is 3. The van der Waals surface area contributed by atoms with Crippen LogP contribution >= 0.6 is 22.9 Å². The van der Waals surface area contributed by atoms with Crippen LogP contribution in [0.3, 0.4) is 0 Å². The van der Waals surface area contributed by atoms with Crippen molar-refractivity contribution in [2.75, 3.05) is 26.3 Å². The number of aromatic nitrogens is 3. The number of hydrogen-bond donors (Lipinski definition) is 2. The average molecular weight is 492 g/mol. The molecule has 1 aliphatic rings. The van der Waals surface area contributed by atoms with Crippen molar-refractivity contribution in [3.05, 3.63) is 67.7 Å². The number of nitrogens with one attached hydrogen (secondary N) is 2. The molecule has 3 aromatic heterocycles. The number of hydrogen-bond acceptors (Lipinski definition) is 6. The summed E-state index contributed by atoms with van der Waals surface area (Å²) in [5, 5.41) is 7.88. The fourth-order valence-electron chi connectivity index (χ4n) is 3.63. The number of aromatic amines is 1. The first kappa shape index (κ1) is 21.7. The summed E-state index contributed by atoms with van der Waals surface area (Å²) in [5.74, 6) is -2.04. The minimum Gasteiger partial charge on any atom is -0.379 e. The van der Waals surface area contributed by atoms with Gasteiger partial charge in [0.1, 0.15) is 16.9 Å². The Kier molecular flexibility index (Phi) is 5.71. The second-order valence-corrected chi connectivity index (χ2v) is 8.58. The second-order valence-electron chi connectivity index (χ2n) is 7.26. The molecule has 2 N–H and O–H groups in total. The molecule has 1 saturated heterocycles. The third-order valence-electron chi connectivity index (χ3n) is 5.19. The van der Waals surface area contributed by atoms with Gasteiger partial charge in [-0.15, -0.1) is 11.3 Å². The van der Waals surface area contributed by atoms with E-state index in [4.69, 9.17) is 16.3 Å². The number of amides is 1. The molecular formula is C21H16ClF2N5O3S. The van der Waals surface area contributed by atoms with Crippen LogP contribution in [0.5, 0.6) is 0 Å². The number of ether oxygens (including phenoxy) is 1. The van der Waals surface area contributed by atoms with Gasteiger partial charge >= 0.3 is 0 Å². The lowest BCUT2D eigenvalue weighted by molar-refractivity contribution is 0.0127. The van der Waals surface area contributed by atoms with Crippen LogP contribution in [0.25, 0.3) is 27.8 Å². The second kappa shape index (κ2) is 8.67. The fourth-order valence-corrected chi connectivity index (χ4v) is 4.64. The van der Waals surface area contributed by atoms with Crippen molar-refractivity contribution in [1.29, 1.82) is 0 Å². The number of hydrazine groups is 1. The monoisotopic (exact) mass is 491 g/mol. The summed E-state index contributed by atoms with van der Waals surface area (Å²) in [5.41, 5.74) is 2.48. The van der Waals surface area contributed by atoms with Crippen molar-refractivity contribution in [2.45, 2.75) is 0 Å². The molecule has 0 spiro atoms. The minimum atomic E-state index is -0.863. The molecule has 0 radical (unpaired) electrons. The number of H-pyrrole nitrogens is 1. The van der Waals surface area contributed by atoms with E-state index < -0.39 is 22.9 Å². The summed E-state index contributed by atoms with van der Waals surface area (Å²) in [4.78, 5) is 28.2. The predicted octanol–water partition coefficient (Wildman–Crippen LogP) is 3.35. The van der Waals surface area contributed by atoms with Gasteiger partial charge in [-0.1, -0.05) is 17.7 Å². The minimum absolute atomic E-state index is 0.0584. The van der Waals surface area contributed by atoms with Gasteiger partial charge in [0.2, 0.25) is 0 Å². The van der Waals surface area contributed by atoms with Crippen molar-refractivity contribution in [3.63, 3.8) is 0 Å². The Hall–Kier alpha value is -3.12. The maximum atomic E-state index is 14.5. The number of para-hydroxylation sites is 1. The standard InChI is InChI=1S/C21H16ClF2N5O3S/c22-12-9-25-21(31)16-17(26-29(18(12)16)19-13(23)2-1-3-14(19)24)11-8-15(33-10-11)20(30)27-28-4-6-32-7-5-28/h1-3,8-10H,4-7H2,(H,25,31)(H,27,30). The lowest BCUT2D eigenvalue weighted by Gasteiger charge is -2.26. The van der Waals surface area contributed by atoms with Crippen LogP contribution in [0.15, 0.2) is 40.6 Å². The summed E-state index contributed by atoms with van der Waals surface area (Å²) in [6.45, 7) is 2.19. The highest BCUT2D eigenvalue weighted by Gasteiger charge is 2.24. The predicted molar refractivity (Wildman–Crippen MR) is 120 cm³/mol. The Morgan fingerprint density at radius 1 is 1.24 bits per heavy atom. The molecule has 1 aromatic carbocycles. The van der Waals surface area contributed by atoms with Crippen LogP contribution in [0.4, 0.5) is 8.78 Å². The molecule has 0 saturated carbocycles. The number of rotatable bonds is 4. The summed E-state index contributed by atoms with van der Waals surface area (Å²) >= 11 is 7.46. The highest BCUT2D eigenvalue weighted by molar-refractivity contribution is 7.12. The van der Waals surface area contributed by atoms with E-state index in [0.29, 0.717) is 36.7 Å². The van der Waals surface area contributed by atoms with Crippen LogP contribution in [0.1, 0.15) is 9.67 Å². The van der Waals surface area contributed by atoms with E-state index in [1.807, 2.05) is 0 Å². The molecule has 1 fully saturated rings. The topological polar surface area (TPSA) is 92.2 Å². The zero-order chi connectivity index (χ0) is 23.1. The molecular weight excluding hydrogens is 476 g/mol. The van der Waals surface area contributed by atoms with E-state index in [1.54, 1.807) is 16.5 Å². The number of pyridine rings is 1. The first-order valence-corrected chi connectivity index (χ1v) is 11.2. The molecule has 4 aromatic rings. The molecule has 1 amide bonds. The zero-order valence-electron chi connectivity index (χ0n) is 16.9. The quantitative estimate of drug-likeness (QED) is 0.457. The molecule has 170 valence electrons. The van der Waals surface area contributed by atoms with E-state index in [2.05, 4.69) is 15.5 Å². The number of halogens is 3. The number of thiophene rings is 1. The van der Waals surface area contributed by atoms with Gasteiger partial charge in [-0.3, -0.25) is 15.0 Å². The smallest absolute Gasteiger partial charge is 0.275 e. The third-order valence-corrected chi connectivity index (χ3v) is 6.40. The lowest BCUT2D eigenvalue weighted by atomic mass is 10.1. The highest BCUT2D eigenvalue weighted by atomic mass is 35.5. The first-order valence-electron chi connectivity index (χ1n) is 9.91. The van der Waals surface area contributed by atoms with Crippen molar-refractivity contribution in [2.24, 2.45) is 0 Å². The van der Waals surface area contributed by atoms with Crippen molar-refractivity contribution < 1.29 is 18.3 Å². The van der Waals surface area contributed by atoms with Crippen LogP contribution in [0.2, 0.25) is 5.02 Å². The molecule has 8 nitrogen and oxygen atoms in total. The van der Waals surface area contributed by atoms with Crippen molar-refractivity contribution in [1.82, 2.24) is 25.2 Å². The summed E-state index contributed by atoms with van der Waals surface area (Å²) in [6.07, 6.45) is 1.24. The number of fused-ring (bicyclic) bond motifs is 1. The van der Waals surface area contributed by atoms with Gasteiger partial charge in [0.15, 0.2) is 11.6 Å². The van der Waals surface area contributed by atoms with Gasteiger partial charge < -0.3 is 9.72 Å². The van der Waals surface area contributed by atoms with Gasteiger partial charge in [-0.05, 0) is 18.2 Å². The Balaban J connectivity index is 1.61. The molecule has 1 aliphatic heterocycles. The van der Waals surface area contributed by atoms with Crippen LogP contribution < -0.4 is 11.0 Å². The largest absolute Gasteiger partial charge is 0.379 e. The number of carbonyl (C=O) groups excluding carboxylic acids is 1. The van der Waals surface area contributed by atoms with Gasteiger partial charge in [-0.2, -0.15) is 5.10 Å². The SMILES string of the molecule is O=C(NN1CCOCC1)c1cc(-c2nn(-c3c(F)cccc3F)c3c(Cl)c[nH]c(=O)c23)cs1. The first-order chi connectivity index (χ1) is 15.9. The van der Waals surface area contributed by atoms with Crippen molar-refractivity contribution in [3.8, 4) is 16.9 Å². The van der Waals surface area contributed by atoms with Gasteiger partial charge in [0.25, 0.3) is 11.5 Å². The van der Waals surface area contributed by atoms with Crippen LogP contribution in [-0.2, 0) is 4.74 Å². The molecule has 33 heavy (non-hydrogen) atoms. The zero-order valence-corrected chi connectivity index (χ0v) is 18.5. The normalized spacial score (nSPS) is 14.6. The number of benzene rings is 1. The Labute approximate surface area is 194 Å². The Morgan fingerprint density at radius 2 is 1.97 bits per heavy atom. The summed E-state index contributed by atoms with van der Waals surface area (Å²) in [6, 6.07) is 4.98. The van der Waals surface area contributed by atoms with Gasteiger partial charge in [-0.25, -0.2) is 18.5 Å². The molecule has 12 heteroatoms. The molecule has 4 heterocycles. The lowest BCUT2D eigenvalue weighted by Crippen LogP contribution is -2.48. The van der Waals surface area contributed by atoms with Gasteiger partial charge in [0, 0.05) is 30.2 Å². The van der Waals surface area contributed by atoms with E-state index in [-0.39, 0.29) is 27.5 Å². The average Bonchev–Trinajstić information content (AvgIpc) is 3.43. The highest BCUT2D eigenvalue weighted by Crippen LogP contribution is 2.34. The Morgan fingerprint density at radius 3 is 2.70 bits per heavy atom. The molecule has 0 aliphatic carbocycles. The van der Waals surface area contributed by atoms with Gasteiger partial charge in [0.05, 0.1) is 28.5 Å². The fraction of sp³-hybridized carbons (Fsp3) is 0.190. The third kappa shape index (κ3) is 3.93. The maximum absolute atomic E-state index is 14.5. The van der Waals surface area contributed by atoms with E-state index in [9.17, 15) is 18.4 Å². The summed E-state index contributed by atoms with van der Waals surface area (Å²) < 4.78 is 35.3. The van der Waals surface area contributed by atoms with Crippen molar-refractivity contribution >= 4 is 39.7 Å². The molecule has 5 rings (SSSR count).